The van der Waals surface area contributed by atoms with Crippen LogP contribution in [-0.4, -0.2) is 30.2 Å². The largest absolute Gasteiger partial charge is 0.364 e. The lowest BCUT2D eigenvalue weighted by Gasteiger charge is -2.08. The zero-order valence-electron chi connectivity index (χ0n) is 15.6. The second kappa shape index (κ2) is 7.63. The fourth-order valence-electron chi connectivity index (χ4n) is 2.98. The number of primary amides is 1. The van der Waals surface area contributed by atoms with Gasteiger partial charge in [-0.1, -0.05) is 25.1 Å². The van der Waals surface area contributed by atoms with Gasteiger partial charge in [-0.3, -0.25) is 9.20 Å². The van der Waals surface area contributed by atoms with Crippen LogP contribution in [0.1, 0.15) is 28.8 Å². The lowest BCUT2D eigenvalue weighted by Crippen LogP contribution is -2.14. The number of aromatic nitrogens is 5. The number of fused-ring (bicyclic) bond motifs is 1. The van der Waals surface area contributed by atoms with E-state index < -0.39 is 5.91 Å². The van der Waals surface area contributed by atoms with Gasteiger partial charge in [0.1, 0.15) is 29.4 Å². The minimum absolute atomic E-state index is 0.301. The number of carbonyl (C=O) groups excluding carboxylic acids is 1. The molecule has 0 aliphatic rings. The Morgan fingerprint density at radius 1 is 1.17 bits per heavy atom. The van der Waals surface area contributed by atoms with Crippen LogP contribution in [0.5, 0.6) is 0 Å². The van der Waals surface area contributed by atoms with E-state index in [0.717, 1.165) is 5.56 Å². The Bertz CT molecular complexity index is 1200. The Kier molecular flexibility index (Phi) is 4.86. The lowest BCUT2D eigenvalue weighted by atomic mass is 10.2. The molecule has 9 heteroatoms. The molecular formula is C20H18FN7O. The van der Waals surface area contributed by atoms with E-state index in [4.69, 9.17) is 5.73 Å². The number of nitrogens with two attached hydrogens (primary N) is 1. The SMILES string of the molecule is CCc1nc(NCc2cccc(F)c2)nc(-c2ncn3c(C(N)=O)cccc23)n1. The quantitative estimate of drug-likeness (QED) is 0.523. The number of nitrogens with zero attached hydrogens (tertiary/aromatic N) is 5. The molecule has 8 nitrogen and oxygen atoms in total. The van der Waals surface area contributed by atoms with Crippen molar-refractivity contribution in [3.8, 4) is 11.5 Å². The van der Waals surface area contributed by atoms with Crippen LogP contribution >= 0.6 is 0 Å². The molecular weight excluding hydrogens is 373 g/mol. The summed E-state index contributed by atoms with van der Waals surface area (Å²) in [6, 6.07) is 11.5. The first-order chi connectivity index (χ1) is 14.0. The number of nitrogens with one attached hydrogen (secondary N) is 1. The summed E-state index contributed by atoms with van der Waals surface area (Å²) in [5.74, 6) is 0.474. The highest BCUT2D eigenvalue weighted by Crippen LogP contribution is 2.22. The van der Waals surface area contributed by atoms with Gasteiger partial charge in [-0.05, 0) is 29.8 Å². The number of pyridine rings is 1. The number of amides is 1. The summed E-state index contributed by atoms with van der Waals surface area (Å²) in [6.45, 7) is 2.30. The van der Waals surface area contributed by atoms with Crippen LogP contribution in [0.3, 0.4) is 0 Å². The molecule has 4 rings (SSSR count). The number of benzene rings is 1. The standard InChI is InChI=1S/C20H18FN7O/c1-2-16-25-19(17-14-7-4-8-15(18(22)29)28(14)11-24-17)27-20(26-16)23-10-12-5-3-6-13(21)9-12/h3-9,11H,2,10H2,1H3,(H2,22,29)(H,23,25,26,27). The van der Waals surface area contributed by atoms with Gasteiger partial charge in [-0.15, -0.1) is 0 Å². The zero-order chi connectivity index (χ0) is 20.4. The molecule has 1 aromatic carbocycles. The van der Waals surface area contributed by atoms with Crippen molar-refractivity contribution in [3.63, 3.8) is 0 Å². The average Bonchev–Trinajstić information content (AvgIpc) is 3.16. The summed E-state index contributed by atoms with van der Waals surface area (Å²) in [6.07, 6.45) is 2.11. The molecule has 0 spiro atoms. The van der Waals surface area contributed by atoms with Crippen molar-refractivity contribution < 1.29 is 9.18 Å². The molecule has 0 unspecified atom stereocenters. The van der Waals surface area contributed by atoms with Gasteiger partial charge in [0, 0.05) is 13.0 Å². The van der Waals surface area contributed by atoms with Crippen LogP contribution in [0, 0.1) is 5.82 Å². The molecule has 0 fully saturated rings. The molecule has 0 saturated carbocycles. The topological polar surface area (TPSA) is 111 Å². The van der Waals surface area contributed by atoms with Gasteiger partial charge < -0.3 is 11.1 Å². The van der Waals surface area contributed by atoms with Crippen molar-refractivity contribution >= 4 is 17.4 Å². The van der Waals surface area contributed by atoms with Gasteiger partial charge in [0.25, 0.3) is 5.91 Å². The van der Waals surface area contributed by atoms with E-state index in [0.29, 0.717) is 47.5 Å². The third-order valence-corrected chi connectivity index (χ3v) is 4.37. The lowest BCUT2D eigenvalue weighted by molar-refractivity contribution is 0.0994. The monoisotopic (exact) mass is 391 g/mol. The molecule has 0 saturated heterocycles. The molecule has 3 aromatic heterocycles. The normalized spacial score (nSPS) is 11.0. The minimum atomic E-state index is -0.554. The van der Waals surface area contributed by atoms with Crippen LogP contribution in [0.2, 0.25) is 0 Å². The molecule has 0 aliphatic carbocycles. The highest BCUT2D eigenvalue weighted by atomic mass is 19.1. The zero-order valence-corrected chi connectivity index (χ0v) is 15.6. The van der Waals surface area contributed by atoms with Crippen molar-refractivity contribution in [2.75, 3.05) is 5.32 Å². The van der Waals surface area contributed by atoms with E-state index in [1.165, 1.54) is 18.5 Å². The van der Waals surface area contributed by atoms with Gasteiger partial charge in [0.05, 0.1) is 5.52 Å². The van der Waals surface area contributed by atoms with Crippen LogP contribution in [0.4, 0.5) is 10.3 Å². The van der Waals surface area contributed by atoms with E-state index in [2.05, 4.69) is 25.3 Å². The molecule has 1 amide bonds. The molecule has 3 heterocycles. The Morgan fingerprint density at radius 2 is 2.00 bits per heavy atom. The van der Waals surface area contributed by atoms with Crippen LogP contribution in [-0.2, 0) is 13.0 Å². The van der Waals surface area contributed by atoms with E-state index >= 15 is 0 Å². The third-order valence-electron chi connectivity index (χ3n) is 4.37. The molecule has 0 atom stereocenters. The predicted octanol–water partition coefficient (Wildman–Crippen LogP) is 2.60. The number of hydrogen-bond donors (Lipinski definition) is 2. The number of carbonyl (C=O) groups is 1. The second-order valence-corrected chi connectivity index (χ2v) is 6.36. The Morgan fingerprint density at radius 3 is 2.76 bits per heavy atom. The summed E-state index contributed by atoms with van der Waals surface area (Å²) < 4.78 is 15.0. The van der Waals surface area contributed by atoms with Gasteiger partial charge >= 0.3 is 0 Å². The maximum Gasteiger partial charge on any atom is 0.265 e. The van der Waals surface area contributed by atoms with E-state index in [-0.39, 0.29) is 5.82 Å². The highest BCUT2D eigenvalue weighted by molar-refractivity contribution is 5.92. The van der Waals surface area contributed by atoms with Crippen LogP contribution in [0.15, 0.2) is 48.8 Å². The summed E-state index contributed by atoms with van der Waals surface area (Å²) in [7, 11) is 0. The van der Waals surface area contributed by atoms with E-state index in [1.54, 1.807) is 22.6 Å². The van der Waals surface area contributed by atoms with Gasteiger partial charge in [0.2, 0.25) is 5.95 Å². The van der Waals surface area contributed by atoms with Crippen molar-refractivity contribution in [3.05, 3.63) is 71.7 Å². The third kappa shape index (κ3) is 3.75. The smallest absolute Gasteiger partial charge is 0.265 e. The summed E-state index contributed by atoms with van der Waals surface area (Å²) >= 11 is 0. The number of imidazole rings is 1. The van der Waals surface area contributed by atoms with Crippen molar-refractivity contribution in [1.29, 1.82) is 0 Å². The first kappa shape index (κ1) is 18.5. The summed E-state index contributed by atoms with van der Waals surface area (Å²) in [5.41, 5.74) is 7.69. The first-order valence-electron chi connectivity index (χ1n) is 9.04. The maximum absolute atomic E-state index is 13.4. The molecule has 4 aromatic rings. The number of rotatable bonds is 6. The van der Waals surface area contributed by atoms with Gasteiger partial charge in [-0.25, -0.2) is 14.4 Å². The van der Waals surface area contributed by atoms with Gasteiger partial charge in [0.15, 0.2) is 5.82 Å². The number of anilines is 1. The molecule has 0 radical (unpaired) electrons. The fraction of sp³-hybridized carbons (Fsp3) is 0.150. The molecule has 0 bridgehead atoms. The Balaban J connectivity index is 1.71. The van der Waals surface area contributed by atoms with Crippen molar-refractivity contribution in [1.82, 2.24) is 24.3 Å². The first-order valence-corrected chi connectivity index (χ1v) is 9.04. The number of aryl methyl sites for hydroxylation is 1. The average molecular weight is 391 g/mol. The number of halogens is 1. The molecule has 0 aliphatic heterocycles. The summed E-state index contributed by atoms with van der Waals surface area (Å²) in [4.78, 5) is 29.4. The predicted molar refractivity (Wildman–Crippen MR) is 106 cm³/mol. The maximum atomic E-state index is 13.4. The van der Waals surface area contributed by atoms with Crippen LogP contribution < -0.4 is 11.1 Å². The second-order valence-electron chi connectivity index (χ2n) is 6.36. The van der Waals surface area contributed by atoms with Crippen molar-refractivity contribution in [2.24, 2.45) is 5.73 Å². The van der Waals surface area contributed by atoms with E-state index in [1.807, 2.05) is 19.1 Å². The highest BCUT2D eigenvalue weighted by Gasteiger charge is 2.16. The Labute approximate surface area is 165 Å². The fourth-order valence-corrected chi connectivity index (χ4v) is 2.98. The van der Waals surface area contributed by atoms with Gasteiger partial charge in [-0.2, -0.15) is 9.97 Å². The van der Waals surface area contributed by atoms with Crippen molar-refractivity contribution in [2.45, 2.75) is 19.9 Å². The molecule has 146 valence electrons. The van der Waals surface area contributed by atoms with Crippen LogP contribution in [0.25, 0.3) is 17.0 Å². The summed E-state index contributed by atoms with van der Waals surface area (Å²) in [5, 5.41) is 3.11. The van der Waals surface area contributed by atoms with E-state index in [9.17, 15) is 9.18 Å². The Hall–Kier alpha value is -3.88. The minimum Gasteiger partial charge on any atom is -0.364 e. The number of hydrogen-bond acceptors (Lipinski definition) is 6. The molecule has 3 N–H and O–H groups in total. The molecule has 29 heavy (non-hydrogen) atoms.